The number of rotatable bonds is 3. The predicted molar refractivity (Wildman–Crippen MR) is 103 cm³/mol. The fraction of sp³-hybridized carbons (Fsp3) is 0. The molecule has 0 fully saturated rings. The second-order valence-corrected chi connectivity index (χ2v) is 7.67. The number of hydrogen-bond acceptors (Lipinski definition) is 5. The fourth-order valence-electron chi connectivity index (χ4n) is 3.11. The lowest BCUT2D eigenvalue weighted by Gasteiger charge is -2.08. The van der Waals surface area contributed by atoms with Gasteiger partial charge in [0.25, 0.3) is 5.91 Å². The van der Waals surface area contributed by atoms with Crippen molar-refractivity contribution in [2.45, 2.75) is 4.90 Å². The first-order valence-electron chi connectivity index (χ1n) is 7.90. The lowest BCUT2D eigenvalue weighted by molar-refractivity contribution is 0.0996. The molecule has 0 saturated heterocycles. The van der Waals surface area contributed by atoms with E-state index in [2.05, 4.69) is 5.10 Å². The Labute approximate surface area is 154 Å². The van der Waals surface area contributed by atoms with Crippen LogP contribution in [-0.4, -0.2) is 24.1 Å². The summed E-state index contributed by atoms with van der Waals surface area (Å²) in [5.41, 5.74) is 13.1. The maximum Gasteiger partial charge on any atom is 0.269 e. The average Bonchev–Trinajstić information content (AvgIpc) is 3.01. The van der Waals surface area contributed by atoms with E-state index in [0.29, 0.717) is 22.3 Å². The van der Waals surface area contributed by atoms with Crippen LogP contribution in [-0.2, 0) is 10.0 Å². The molecule has 8 nitrogen and oxygen atoms in total. The highest BCUT2D eigenvalue weighted by Gasteiger charge is 2.19. The van der Waals surface area contributed by atoms with Gasteiger partial charge in [-0.1, -0.05) is 18.2 Å². The van der Waals surface area contributed by atoms with Gasteiger partial charge in [-0.05, 0) is 41.8 Å². The molecule has 0 saturated carbocycles. The molecule has 27 heavy (non-hydrogen) atoms. The van der Waals surface area contributed by atoms with Crippen molar-refractivity contribution in [1.29, 1.82) is 0 Å². The van der Waals surface area contributed by atoms with Crippen LogP contribution in [0.25, 0.3) is 27.4 Å². The van der Waals surface area contributed by atoms with Gasteiger partial charge in [-0.2, -0.15) is 5.10 Å². The molecule has 136 valence electrons. The minimum absolute atomic E-state index is 0.0657. The van der Waals surface area contributed by atoms with Crippen LogP contribution in [0.2, 0.25) is 0 Å². The summed E-state index contributed by atoms with van der Waals surface area (Å²) in [6.45, 7) is 0. The Bertz CT molecular complexity index is 1340. The zero-order chi connectivity index (χ0) is 19.3. The molecular formula is C18H15N5O3S. The Balaban J connectivity index is 2.15. The maximum atomic E-state index is 11.9. The van der Waals surface area contributed by atoms with Crippen LogP contribution in [0, 0.1) is 0 Å². The van der Waals surface area contributed by atoms with E-state index < -0.39 is 15.9 Å². The van der Waals surface area contributed by atoms with E-state index in [1.165, 1.54) is 16.8 Å². The molecule has 0 unspecified atom stereocenters. The molecule has 4 aromatic rings. The smallest absolute Gasteiger partial charge is 0.269 e. The zero-order valence-corrected chi connectivity index (χ0v) is 14.8. The highest BCUT2D eigenvalue weighted by atomic mass is 32.2. The molecule has 0 radical (unpaired) electrons. The van der Waals surface area contributed by atoms with Crippen molar-refractivity contribution in [2.75, 3.05) is 5.73 Å². The highest BCUT2D eigenvalue weighted by molar-refractivity contribution is 7.89. The lowest BCUT2D eigenvalue weighted by atomic mass is 10.0. The summed E-state index contributed by atoms with van der Waals surface area (Å²) >= 11 is 0. The number of primary sulfonamides is 1. The van der Waals surface area contributed by atoms with E-state index in [0.717, 1.165) is 10.8 Å². The van der Waals surface area contributed by atoms with Crippen LogP contribution in [0.1, 0.15) is 10.5 Å². The van der Waals surface area contributed by atoms with Crippen LogP contribution in [0.15, 0.2) is 59.5 Å². The molecule has 3 aromatic carbocycles. The third-order valence-electron chi connectivity index (χ3n) is 4.31. The summed E-state index contributed by atoms with van der Waals surface area (Å²) in [5.74, 6) is -0.690. The number of nitrogen functional groups attached to an aromatic ring is 1. The number of aromatic nitrogens is 2. The topological polar surface area (TPSA) is 147 Å². The number of carbonyl (C=O) groups excluding carboxylic acids is 1. The van der Waals surface area contributed by atoms with Gasteiger partial charge in [0.05, 0.1) is 16.1 Å². The number of primary amides is 1. The summed E-state index contributed by atoms with van der Waals surface area (Å²) in [6.07, 6.45) is 0. The molecule has 0 aliphatic heterocycles. The molecule has 0 aliphatic rings. The molecule has 1 heterocycles. The highest BCUT2D eigenvalue weighted by Crippen LogP contribution is 2.31. The number of carbonyl (C=O) groups is 1. The molecule has 0 aliphatic carbocycles. The standard InChI is InChI=1S/C18H15N5O3S/c19-11-6-4-10-5-7-14-16(18(20)24)22-23(17(14)15(10)8-11)12-2-1-3-13(9-12)27(21,25)26/h1-9H,19H2,(H2,20,24)(H2,21,25,26). The number of benzene rings is 3. The number of sulfonamides is 1. The quantitative estimate of drug-likeness (QED) is 0.460. The molecule has 0 spiro atoms. The number of anilines is 1. The average molecular weight is 381 g/mol. The second-order valence-electron chi connectivity index (χ2n) is 6.11. The van der Waals surface area contributed by atoms with Gasteiger partial charge >= 0.3 is 0 Å². The third-order valence-corrected chi connectivity index (χ3v) is 5.22. The van der Waals surface area contributed by atoms with Gasteiger partial charge < -0.3 is 11.5 Å². The first-order valence-corrected chi connectivity index (χ1v) is 9.44. The zero-order valence-electron chi connectivity index (χ0n) is 14.0. The predicted octanol–water partition coefficient (Wildman–Crippen LogP) is 1.51. The molecule has 1 amide bonds. The number of nitrogens with two attached hydrogens (primary N) is 3. The molecule has 9 heteroatoms. The van der Waals surface area contributed by atoms with Gasteiger partial charge in [0.2, 0.25) is 10.0 Å². The van der Waals surface area contributed by atoms with E-state index in [4.69, 9.17) is 16.6 Å². The van der Waals surface area contributed by atoms with Gasteiger partial charge in [0.1, 0.15) is 0 Å². The number of hydrogen-bond donors (Lipinski definition) is 3. The Hall–Kier alpha value is -3.43. The normalized spacial score (nSPS) is 11.9. The summed E-state index contributed by atoms with van der Waals surface area (Å²) in [7, 11) is -3.90. The molecule has 0 atom stereocenters. The van der Waals surface area contributed by atoms with Crippen molar-refractivity contribution in [3.8, 4) is 5.69 Å². The Morgan fingerprint density at radius 3 is 2.44 bits per heavy atom. The summed E-state index contributed by atoms with van der Waals surface area (Å²) < 4.78 is 24.9. The van der Waals surface area contributed by atoms with E-state index >= 15 is 0 Å². The Morgan fingerprint density at radius 2 is 1.74 bits per heavy atom. The van der Waals surface area contributed by atoms with Crippen molar-refractivity contribution in [2.24, 2.45) is 10.9 Å². The fourth-order valence-corrected chi connectivity index (χ4v) is 3.66. The second kappa shape index (κ2) is 5.79. The minimum atomic E-state index is -3.90. The Kier molecular flexibility index (Phi) is 3.65. The third kappa shape index (κ3) is 2.78. The van der Waals surface area contributed by atoms with Gasteiger partial charge in [-0.25, -0.2) is 18.2 Å². The molecule has 1 aromatic heterocycles. The molecule has 6 N–H and O–H groups in total. The van der Waals surface area contributed by atoms with Gasteiger partial charge in [-0.3, -0.25) is 4.79 Å². The van der Waals surface area contributed by atoms with Crippen LogP contribution in [0.5, 0.6) is 0 Å². The molecule has 4 rings (SSSR count). The summed E-state index contributed by atoms with van der Waals surface area (Å²) in [6, 6.07) is 15.0. The lowest BCUT2D eigenvalue weighted by Crippen LogP contribution is -2.13. The van der Waals surface area contributed by atoms with Crippen molar-refractivity contribution < 1.29 is 13.2 Å². The van der Waals surface area contributed by atoms with Crippen LogP contribution >= 0.6 is 0 Å². The SMILES string of the molecule is NC(=O)c1nn(-c2cccc(S(N)(=O)=O)c2)c2c1ccc1ccc(N)cc12. The van der Waals surface area contributed by atoms with E-state index in [1.54, 1.807) is 30.3 Å². The van der Waals surface area contributed by atoms with Gasteiger partial charge in [0, 0.05) is 16.5 Å². The minimum Gasteiger partial charge on any atom is -0.399 e. The molecule has 0 bridgehead atoms. The van der Waals surface area contributed by atoms with Crippen LogP contribution < -0.4 is 16.6 Å². The largest absolute Gasteiger partial charge is 0.399 e. The first kappa shape index (κ1) is 17.0. The monoisotopic (exact) mass is 381 g/mol. The number of fused-ring (bicyclic) bond motifs is 3. The van der Waals surface area contributed by atoms with E-state index in [9.17, 15) is 13.2 Å². The summed E-state index contributed by atoms with van der Waals surface area (Å²) in [4.78, 5) is 11.8. The number of nitrogens with zero attached hydrogens (tertiary/aromatic N) is 2. The maximum absolute atomic E-state index is 11.9. The van der Waals surface area contributed by atoms with Gasteiger partial charge in [-0.15, -0.1) is 0 Å². The van der Waals surface area contributed by atoms with E-state index in [1.807, 2.05) is 12.1 Å². The number of amides is 1. The van der Waals surface area contributed by atoms with Crippen molar-refractivity contribution >= 4 is 43.3 Å². The van der Waals surface area contributed by atoms with Crippen molar-refractivity contribution in [3.63, 3.8) is 0 Å². The van der Waals surface area contributed by atoms with Crippen LogP contribution in [0.3, 0.4) is 0 Å². The summed E-state index contributed by atoms with van der Waals surface area (Å²) in [5, 5.41) is 11.7. The van der Waals surface area contributed by atoms with E-state index in [-0.39, 0.29) is 10.6 Å². The van der Waals surface area contributed by atoms with Gasteiger partial charge in [0.15, 0.2) is 5.69 Å². The van der Waals surface area contributed by atoms with Crippen LogP contribution in [0.4, 0.5) is 5.69 Å². The van der Waals surface area contributed by atoms with Crippen molar-refractivity contribution in [1.82, 2.24) is 9.78 Å². The van der Waals surface area contributed by atoms with Crippen molar-refractivity contribution in [3.05, 3.63) is 60.3 Å². The Morgan fingerprint density at radius 1 is 1.00 bits per heavy atom. The molecular weight excluding hydrogens is 366 g/mol. The first-order chi connectivity index (χ1) is 12.8.